The van der Waals surface area contributed by atoms with Crippen molar-refractivity contribution in [2.75, 3.05) is 0 Å². The average molecular weight is 421 g/mol. The number of hydrogen-bond acceptors (Lipinski definition) is 3. The Labute approximate surface area is 188 Å². The molecule has 1 aliphatic rings. The first-order valence-corrected chi connectivity index (χ1v) is 10.6. The van der Waals surface area contributed by atoms with Gasteiger partial charge in [0, 0.05) is 13.3 Å². The van der Waals surface area contributed by atoms with E-state index in [9.17, 15) is 9.59 Å². The number of allylic oxidation sites excluding steroid dienone is 14. The predicted molar refractivity (Wildman–Crippen MR) is 131 cm³/mol. The Morgan fingerprint density at radius 3 is 2.10 bits per heavy atom. The molecule has 1 atom stereocenters. The number of Topliss-reactive ketones (excluding diaryl/α,β-unsaturated/α-hetero) is 1. The van der Waals surface area contributed by atoms with E-state index in [-0.39, 0.29) is 11.2 Å². The molecule has 1 rings (SSSR count). The van der Waals surface area contributed by atoms with Gasteiger partial charge in [0.05, 0.1) is 0 Å². The molecule has 0 bridgehead atoms. The Kier molecular flexibility index (Phi) is 10.1. The van der Waals surface area contributed by atoms with Crippen LogP contribution in [0, 0.1) is 5.41 Å². The van der Waals surface area contributed by atoms with Gasteiger partial charge in [-0.2, -0.15) is 0 Å². The number of carbonyl (C=O) groups is 2. The summed E-state index contributed by atoms with van der Waals surface area (Å²) in [4.78, 5) is 23.9. The van der Waals surface area contributed by atoms with Crippen molar-refractivity contribution in [2.45, 2.75) is 61.0 Å². The van der Waals surface area contributed by atoms with Gasteiger partial charge in [-0.1, -0.05) is 97.9 Å². The van der Waals surface area contributed by atoms with Crippen LogP contribution in [0.1, 0.15) is 54.9 Å². The van der Waals surface area contributed by atoms with E-state index >= 15 is 0 Å². The molecule has 0 N–H and O–H groups in total. The summed E-state index contributed by atoms with van der Waals surface area (Å²) in [6.07, 6.45) is 19.8. The lowest BCUT2D eigenvalue weighted by Crippen LogP contribution is -2.38. The molecule has 0 spiro atoms. The molecular formula is C28H36O3. The second-order valence-corrected chi connectivity index (χ2v) is 8.60. The second-order valence-electron chi connectivity index (χ2n) is 8.60. The highest BCUT2D eigenvalue weighted by atomic mass is 16.5. The second kappa shape index (κ2) is 12.0. The average Bonchev–Trinajstić information content (AvgIpc) is 2.68. The summed E-state index contributed by atoms with van der Waals surface area (Å²) in [5.41, 5.74) is 4.74. The fourth-order valence-corrected chi connectivity index (χ4v) is 3.35. The Hall–Kier alpha value is -2.94. The van der Waals surface area contributed by atoms with Crippen LogP contribution in [0.3, 0.4) is 0 Å². The zero-order valence-corrected chi connectivity index (χ0v) is 20.0. The van der Waals surface area contributed by atoms with Gasteiger partial charge in [0.15, 0.2) is 11.9 Å². The molecule has 0 amide bonds. The van der Waals surface area contributed by atoms with E-state index in [0.717, 1.165) is 22.3 Å². The van der Waals surface area contributed by atoms with Crippen LogP contribution in [-0.2, 0) is 14.3 Å². The fourth-order valence-electron chi connectivity index (χ4n) is 3.35. The van der Waals surface area contributed by atoms with Crippen molar-refractivity contribution in [3.05, 3.63) is 95.2 Å². The third kappa shape index (κ3) is 8.75. The van der Waals surface area contributed by atoms with Gasteiger partial charge in [0.2, 0.25) is 0 Å². The Morgan fingerprint density at radius 2 is 1.52 bits per heavy atom. The van der Waals surface area contributed by atoms with Gasteiger partial charge in [0.1, 0.15) is 0 Å². The monoisotopic (exact) mass is 420 g/mol. The number of esters is 1. The Morgan fingerprint density at radius 1 is 0.968 bits per heavy atom. The van der Waals surface area contributed by atoms with Crippen LogP contribution in [0.5, 0.6) is 0 Å². The van der Waals surface area contributed by atoms with Crippen molar-refractivity contribution in [1.29, 1.82) is 0 Å². The van der Waals surface area contributed by atoms with E-state index < -0.39 is 12.1 Å². The fraction of sp³-hybridized carbons (Fsp3) is 0.357. The molecule has 166 valence electrons. The SMILES string of the molecule is C=C/C(C)=C/C=C/C=C(C)/C=C/C=C(C)\C=C\C1=C(C)C(=O)[C@@H](OC(C)=O)CC1(C)C. The molecule has 0 aromatic rings. The van der Waals surface area contributed by atoms with Crippen LogP contribution < -0.4 is 0 Å². The lowest BCUT2D eigenvalue weighted by Gasteiger charge is -2.36. The molecule has 0 heterocycles. The summed E-state index contributed by atoms with van der Waals surface area (Å²) in [6.45, 7) is 17.1. The summed E-state index contributed by atoms with van der Waals surface area (Å²) in [5, 5.41) is 0. The lowest BCUT2D eigenvalue weighted by molar-refractivity contribution is -0.153. The Balaban J connectivity index is 2.90. The highest BCUT2D eigenvalue weighted by Crippen LogP contribution is 2.40. The van der Waals surface area contributed by atoms with E-state index in [2.05, 4.69) is 20.4 Å². The molecule has 1 aliphatic carbocycles. The maximum absolute atomic E-state index is 12.6. The molecule has 0 saturated heterocycles. The maximum Gasteiger partial charge on any atom is 0.303 e. The summed E-state index contributed by atoms with van der Waals surface area (Å²) < 4.78 is 5.23. The molecule has 0 unspecified atom stereocenters. The highest BCUT2D eigenvalue weighted by Gasteiger charge is 2.39. The van der Waals surface area contributed by atoms with Crippen molar-refractivity contribution in [1.82, 2.24) is 0 Å². The summed E-state index contributed by atoms with van der Waals surface area (Å²) >= 11 is 0. The minimum Gasteiger partial charge on any atom is -0.454 e. The first kappa shape index (κ1) is 26.1. The van der Waals surface area contributed by atoms with Gasteiger partial charge in [-0.25, -0.2) is 0 Å². The van der Waals surface area contributed by atoms with Crippen LogP contribution in [0.4, 0.5) is 0 Å². The third-order valence-electron chi connectivity index (χ3n) is 5.18. The van der Waals surface area contributed by atoms with E-state index in [1.165, 1.54) is 6.92 Å². The molecule has 3 heteroatoms. The number of rotatable bonds is 8. The van der Waals surface area contributed by atoms with E-state index in [0.29, 0.717) is 12.0 Å². The molecule has 0 saturated carbocycles. The van der Waals surface area contributed by atoms with Crippen LogP contribution in [0.2, 0.25) is 0 Å². The van der Waals surface area contributed by atoms with Crippen LogP contribution in [0.25, 0.3) is 0 Å². The number of carbonyl (C=O) groups excluding carboxylic acids is 2. The molecule has 0 fully saturated rings. The summed E-state index contributed by atoms with van der Waals surface area (Å²) in [6, 6.07) is 0. The molecule has 0 aliphatic heterocycles. The van der Waals surface area contributed by atoms with E-state index in [1.807, 2.05) is 88.5 Å². The third-order valence-corrected chi connectivity index (χ3v) is 5.18. The molecule has 0 aromatic heterocycles. The minimum atomic E-state index is -0.691. The van der Waals surface area contributed by atoms with Crippen molar-refractivity contribution in [3.63, 3.8) is 0 Å². The first-order chi connectivity index (χ1) is 14.5. The standard InChI is InChI=1S/C28H36O3/c1-9-20(2)13-10-11-14-21(3)15-12-16-22(4)17-18-25-23(5)27(30)26(31-24(6)29)19-28(25,7)8/h9-18,26H,1,19H2,2-8H3/b11-10+,15-12+,18-17+,20-13+,21-14+,22-16-/t26-/m0/s1. The van der Waals surface area contributed by atoms with E-state index in [4.69, 9.17) is 4.74 Å². The van der Waals surface area contributed by atoms with E-state index in [1.54, 1.807) is 0 Å². The number of hydrogen-bond donors (Lipinski definition) is 0. The van der Waals surface area contributed by atoms with Crippen molar-refractivity contribution < 1.29 is 14.3 Å². The van der Waals surface area contributed by atoms with Crippen molar-refractivity contribution >= 4 is 11.8 Å². The molecule has 3 nitrogen and oxygen atoms in total. The minimum absolute atomic E-state index is 0.109. The molecule has 31 heavy (non-hydrogen) atoms. The van der Waals surface area contributed by atoms with Gasteiger partial charge < -0.3 is 4.74 Å². The van der Waals surface area contributed by atoms with Gasteiger partial charge in [-0.15, -0.1) is 0 Å². The molecule has 0 aromatic carbocycles. The normalized spacial score (nSPS) is 20.9. The van der Waals surface area contributed by atoms with Crippen LogP contribution in [-0.4, -0.2) is 17.9 Å². The van der Waals surface area contributed by atoms with Gasteiger partial charge in [-0.3, -0.25) is 9.59 Å². The van der Waals surface area contributed by atoms with Crippen LogP contribution >= 0.6 is 0 Å². The molecule has 0 radical (unpaired) electrons. The predicted octanol–water partition coefficient (Wildman–Crippen LogP) is 6.93. The van der Waals surface area contributed by atoms with Gasteiger partial charge >= 0.3 is 5.97 Å². The number of ketones is 1. The molecular weight excluding hydrogens is 384 g/mol. The zero-order chi connectivity index (χ0) is 23.6. The number of ether oxygens (including phenoxy) is 1. The lowest BCUT2D eigenvalue weighted by atomic mass is 9.71. The summed E-state index contributed by atoms with van der Waals surface area (Å²) in [5.74, 6) is -0.530. The van der Waals surface area contributed by atoms with Gasteiger partial charge in [-0.05, 0) is 44.3 Å². The van der Waals surface area contributed by atoms with Crippen molar-refractivity contribution in [2.24, 2.45) is 5.41 Å². The summed E-state index contributed by atoms with van der Waals surface area (Å²) in [7, 11) is 0. The topological polar surface area (TPSA) is 43.4 Å². The highest BCUT2D eigenvalue weighted by molar-refractivity contribution is 6.01. The van der Waals surface area contributed by atoms with Crippen molar-refractivity contribution in [3.8, 4) is 0 Å². The Bertz CT molecular complexity index is 912. The maximum atomic E-state index is 12.6. The van der Waals surface area contributed by atoms with Gasteiger partial charge in [0.25, 0.3) is 0 Å². The quantitative estimate of drug-likeness (QED) is 0.316. The zero-order valence-electron chi connectivity index (χ0n) is 20.0. The largest absolute Gasteiger partial charge is 0.454 e. The first-order valence-electron chi connectivity index (χ1n) is 10.6. The smallest absolute Gasteiger partial charge is 0.303 e. The van der Waals surface area contributed by atoms with Crippen LogP contribution in [0.15, 0.2) is 95.2 Å².